The molecule has 1 fully saturated rings. The van der Waals surface area contributed by atoms with Crippen molar-refractivity contribution in [2.45, 2.75) is 52.6 Å². The van der Waals surface area contributed by atoms with Gasteiger partial charge in [-0.25, -0.2) is 0 Å². The summed E-state index contributed by atoms with van der Waals surface area (Å²) < 4.78 is 2.28. The van der Waals surface area contributed by atoms with Gasteiger partial charge in [-0.1, -0.05) is 13.8 Å². The quantitative estimate of drug-likeness (QED) is 0.747. The zero-order valence-corrected chi connectivity index (χ0v) is 10.6. The smallest absolute Gasteiger partial charge is 0.0220 e. The minimum atomic E-state index is 0.659. The minimum Gasteiger partial charge on any atom is -0.354 e. The van der Waals surface area contributed by atoms with Crippen LogP contribution >= 0.6 is 0 Å². The van der Waals surface area contributed by atoms with Crippen LogP contribution in [-0.4, -0.2) is 11.1 Å². The van der Waals surface area contributed by atoms with Crippen LogP contribution in [0.4, 0.5) is 0 Å². The Labute approximate surface area is 99.0 Å². The molecular weight excluding hydrogens is 196 g/mol. The van der Waals surface area contributed by atoms with E-state index in [2.05, 4.69) is 42.2 Å². The molecule has 90 valence electrons. The number of hydrogen-bond donors (Lipinski definition) is 1. The van der Waals surface area contributed by atoms with Gasteiger partial charge in [-0.15, -0.1) is 0 Å². The van der Waals surface area contributed by atoms with Gasteiger partial charge >= 0.3 is 0 Å². The summed E-state index contributed by atoms with van der Waals surface area (Å²) >= 11 is 0. The van der Waals surface area contributed by atoms with Crippen LogP contribution in [0.1, 0.15) is 45.1 Å². The number of hydrogen-bond acceptors (Lipinski definition) is 1. The lowest BCUT2D eigenvalue weighted by molar-refractivity contribution is 0.443. The van der Waals surface area contributed by atoms with E-state index in [1.54, 1.807) is 0 Å². The molecule has 0 bridgehead atoms. The highest BCUT2D eigenvalue weighted by molar-refractivity contribution is 5.10. The molecule has 0 saturated heterocycles. The second-order valence-electron chi connectivity index (χ2n) is 5.21. The van der Waals surface area contributed by atoms with Gasteiger partial charge in [0.25, 0.3) is 0 Å². The molecule has 1 aliphatic carbocycles. The van der Waals surface area contributed by atoms with Gasteiger partial charge in [0.2, 0.25) is 0 Å². The van der Waals surface area contributed by atoms with Crippen molar-refractivity contribution in [1.82, 2.24) is 9.88 Å². The average Bonchev–Trinajstić information content (AvgIpc) is 2.94. The Morgan fingerprint density at radius 3 is 2.81 bits per heavy atom. The molecule has 1 N–H and O–H groups in total. The molecule has 1 aliphatic rings. The van der Waals surface area contributed by atoms with Gasteiger partial charge in [-0.05, 0) is 42.7 Å². The summed E-state index contributed by atoms with van der Waals surface area (Å²) in [6.45, 7) is 7.89. The van der Waals surface area contributed by atoms with E-state index in [1.807, 2.05) is 0 Å². The lowest BCUT2D eigenvalue weighted by Gasteiger charge is -2.12. The third kappa shape index (κ3) is 2.88. The molecule has 2 heteroatoms. The Bertz CT molecular complexity index is 323. The van der Waals surface area contributed by atoms with Gasteiger partial charge in [-0.2, -0.15) is 0 Å². The fourth-order valence-corrected chi connectivity index (χ4v) is 2.30. The Hall–Kier alpha value is -0.760. The first-order valence-corrected chi connectivity index (χ1v) is 6.63. The maximum Gasteiger partial charge on any atom is 0.0220 e. The molecule has 2 rings (SSSR count). The molecule has 1 aromatic heterocycles. The van der Waals surface area contributed by atoms with Crippen LogP contribution in [0.25, 0.3) is 0 Å². The predicted octanol–water partition coefficient (Wildman–Crippen LogP) is 3.18. The Balaban J connectivity index is 1.72. The Kier molecular flexibility index (Phi) is 3.70. The van der Waals surface area contributed by atoms with Crippen LogP contribution in [0.5, 0.6) is 0 Å². The van der Waals surface area contributed by atoms with Gasteiger partial charge in [0, 0.05) is 32.0 Å². The molecule has 16 heavy (non-hydrogen) atoms. The molecule has 2 nitrogen and oxygen atoms in total. The van der Waals surface area contributed by atoms with Crippen LogP contribution in [-0.2, 0) is 13.1 Å². The van der Waals surface area contributed by atoms with Crippen molar-refractivity contribution >= 4 is 0 Å². The van der Waals surface area contributed by atoms with Crippen molar-refractivity contribution in [2.75, 3.05) is 6.54 Å². The fourth-order valence-electron chi connectivity index (χ4n) is 2.30. The summed E-state index contributed by atoms with van der Waals surface area (Å²) in [5.74, 6) is 0. The van der Waals surface area contributed by atoms with E-state index in [9.17, 15) is 0 Å². The van der Waals surface area contributed by atoms with E-state index in [4.69, 9.17) is 0 Å². The SMILES string of the molecule is CCCn1ccc(CNCC2(CC)CC2)c1. The fraction of sp³-hybridized carbons (Fsp3) is 0.714. The van der Waals surface area contributed by atoms with Crippen molar-refractivity contribution in [2.24, 2.45) is 5.41 Å². The molecule has 1 heterocycles. The molecule has 1 saturated carbocycles. The van der Waals surface area contributed by atoms with Crippen molar-refractivity contribution in [3.05, 3.63) is 24.0 Å². The minimum absolute atomic E-state index is 0.659. The molecule has 0 unspecified atom stereocenters. The summed E-state index contributed by atoms with van der Waals surface area (Å²) in [6.07, 6.45) is 9.84. The largest absolute Gasteiger partial charge is 0.354 e. The zero-order chi connectivity index (χ0) is 11.4. The third-order valence-corrected chi connectivity index (χ3v) is 3.83. The number of nitrogens with one attached hydrogen (secondary N) is 1. The average molecular weight is 220 g/mol. The van der Waals surface area contributed by atoms with Crippen molar-refractivity contribution in [3.8, 4) is 0 Å². The van der Waals surface area contributed by atoms with Crippen LogP contribution < -0.4 is 5.32 Å². The number of rotatable bonds is 7. The normalized spacial score (nSPS) is 17.6. The van der Waals surface area contributed by atoms with E-state index >= 15 is 0 Å². The summed E-state index contributed by atoms with van der Waals surface area (Å²) in [5.41, 5.74) is 2.08. The van der Waals surface area contributed by atoms with Gasteiger partial charge in [0.05, 0.1) is 0 Å². The summed E-state index contributed by atoms with van der Waals surface area (Å²) in [7, 11) is 0. The predicted molar refractivity (Wildman–Crippen MR) is 68.4 cm³/mol. The van der Waals surface area contributed by atoms with Crippen molar-refractivity contribution in [1.29, 1.82) is 0 Å². The topological polar surface area (TPSA) is 17.0 Å². The maximum absolute atomic E-state index is 3.60. The lowest BCUT2D eigenvalue weighted by atomic mass is 10.0. The molecule has 0 spiro atoms. The zero-order valence-electron chi connectivity index (χ0n) is 10.6. The highest BCUT2D eigenvalue weighted by Gasteiger charge is 2.39. The van der Waals surface area contributed by atoms with E-state index in [-0.39, 0.29) is 0 Å². The third-order valence-electron chi connectivity index (χ3n) is 3.83. The first kappa shape index (κ1) is 11.7. The Morgan fingerprint density at radius 2 is 2.19 bits per heavy atom. The molecule has 0 radical (unpaired) electrons. The summed E-state index contributed by atoms with van der Waals surface area (Å²) in [5, 5.41) is 3.60. The number of nitrogens with zero attached hydrogens (tertiary/aromatic N) is 1. The molecule has 1 aromatic rings. The summed E-state index contributed by atoms with van der Waals surface area (Å²) in [6, 6.07) is 2.23. The van der Waals surface area contributed by atoms with Gasteiger partial charge in [0.15, 0.2) is 0 Å². The molecular formula is C14H24N2. The van der Waals surface area contributed by atoms with Gasteiger partial charge < -0.3 is 9.88 Å². The van der Waals surface area contributed by atoms with Crippen LogP contribution in [0.15, 0.2) is 18.5 Å². The first-order chi connectivity index (χ1) is 7.78. The van der Waals surface area contributed by atoms with Crippen LogP contribution in [0.2, 0.25) is 0 Å². The van der Waals surface area contributed by atoms with E-state index in [0.717, 1.165) is 13.1 Å². The van der Waals surface area contributed by atoms with E-state index in [0.29, 0.717) is 5.41 Å². The Morgan fingerprint density at radius 1 is 1.38 bits per heavy atom. The highest BCUT2D eigenvalue weighted by atomic mass is 14.9. The highest BCUT2D eigenvalue weighted by Crippen LogP contribution is 2.47. The molecule has 0 atom stereocenters. The van der Waals surface area contributed by atoms with Crippen molar-refractivity contribution in [3.63, 3.8) is 0 Å². The van der Waals surface area contributed by atoms with Gasteiger partial charge in [0.1, 0.15) is 0 Å². The standard InChI is InChI=1S/C14H24N2/c1-3-8-16-9-5-13(11-16)10-15-12-14(4-2)6-7-14/h5,9,11,15H,3-4,6-8,10,12H2,1-2H3. The molecule has 0 aromatic carbocycles. The lowest BCUT2D eigenvalue weighted by Crippen LogP contribution is -2.22. The van der Waals surface area contributed by atoms with E-state index < -0.39 is 0 Å². The first-order valence-electron chi connectivity index (χ1n) is 6.63. The summed E-state index contributed by atoms with van der Waals surface area (Å²) in [4.78, 5) is 0. The van der Waals surface area contributed by atoms with Crippen molar-refractivity contribution < 1.29 is 0 Å². The van der Waals surface area contributed by atoms with Crippen LogP contribution in [0, 0.1) is 5.41 Å². The second kappa shape index (κ2) is 5.05. The van der Waals surface area contributed by atoms with E-state index in [1.165, 1.54) is 37.8 Å². The van der Waals surface area contributed by atoms with Gasteiger partial charge in [-0.3, -0.25) is 0 Å². The monoisotopic (exact) mass is 220 g/mol. The van der Waals surface area contributed by atoms with Crippen LogP contribution in [0.3, 0.4) is 0 Å². The number of aryl methyl sites for hydroxylation is 1. The maximum atomic E-state index is 3.60. The second-order valence-corrected chi connectivity index (χ2v) is 5.21. The molecule has 0 amide bonds. The molecule has 0 aliphatic heterocycles. The number of aromatic nitrogens is 1.